The molecule has 0 aliphatic heterocycles. The summed E-state index contributed by atoms with van der Waals surface area (Å²) < 4.78 is 18.8. The van der Waals surface area contributed by atoms with Crippen molar-refractivity contribution in [2.75, 3.05) is 19.8 Å². The lowest BCUT2D eigenvalue weighted by atomic mass is 10.2. The SMILES string of the molecule is CCOC(=O)CC(=O)OCCOC(=O)OC(C)(C)C. The van der Waals surface area contributed by atoms with Crippen LogP contribution in [0.1, 0.15) is 34.1 Å². The zero-order chi connectivity index (χ0) is 14.9. The molecule has 0 saturated carbocycles. The molecule has 0 rings (SSSR count). The molecule has 0 fully saturated rings. The van der Waals surface area contributed by atoms with Gasteiger partial charge in [-0.1, -0.05) is 0 Å². The first-order valence-electron chi connectivity index (χ1n) is 5.91. The highest BCUT2D eigenvalue weighted by Crippen LogP contribution is 2.07. The smallest absolute Gasteiger partial charge is 0.466 e. The summed E-state index contributed by atoms with van der Waals surface area (Å²) in [7, 11) is 0. The van der Waals surface area contributed by atoms with Gasteiger partial charge < -0.3 is 18.9 Å². The van der Waals surface area contributed by atoms with Gasteiger partial charge >= 0.3 is 18.1 Å². The summed E-state index contributed by atoms with van der Waals surface area (Å²) in [5.41, 5.74) is -0.641. The number of hydrogen-bond donors (Lipinski definition) is 0. The first-order valence-corrected chi connectivity index (χ1v) is 5.91. The summed E-state index contributed by atoms with van der Waals surface area (Å²) in [6, 6.07) is 0. The maximum Gasteiger partial charge on any atom is 0.508 e. The van der Waals surface area contributed by atoms with Gasteiger partial charge in [-0.2, -0.15) is 0 Å². The molecule has 0 aromatic carbocycles. The predicted octanol–water partition coefficient (Wildman–Crippen LogP) is 1.43. The fourth-order valence-corrected chi connectivity index (χ4v) is 0.941. The number of rotatable bonds is 6. The van der Waals surface area contributed by atoms with E-state index in [0.29, 0.717) is 0 Å². The van der Waals surface area contributed by atoms with E-state index in [1.165, 1.54) is 0 Å². The molecule has 0 amide bonds. The molecule has 0 saturated heterocycles. The average molecular weight is 276 g/mol. The van der Waals surface area contributed by atoms with E-state index in [2.05, 4.69) is 14.2 Å². The molecule has 0 aromatic rings. The molecule has 0 bridgehead atoms. The van der Waals surface area contributed by atoms with Gasteiger partial charge in [-0.3, -0.25) is 9.59 Å². The van der Waals surface area contributed by atoms with Gasteiger partial charge in [0.25, 0.3) is 0 Å². The van der Waals surface area contributed by atoms with Crippen molar-refractivity contribution >= 4 is 18.1 Å². The summed E-state index contributed by atoms with van der Waals surface area (Å²) in [6.07, 6.45) is -1.30. The fraction of sp³-hybridized carbons (Fsp3) is 0.750. The molecule has 0 aromatic heterocycles. The zero-order valence-electron chi connectivity index (χ0n) is 11.7. The molecule has 7 heteroatoms. The average Bonchev–Trinajstić information content (AvgIpc) is 2.22. The van der Waals surface area contributed by atoms with Crippen molar-refractivity contribution in [3.8, 4) is 0 Å². The van der Waals surface area contributed by atoms with Crippen molar-refractivity contribution in [1.29, 1.82) is 0 Å². The Kier molecular flexibility index (Phi) is 7.55. The standard InChI is InChI=1S/C12H20O7/c1-5-16-9(13)8-10(14)17-6-7-18-11(15)19-12(2,3)4/h5-8H2,1-4H3. The third-order valence-corrected chi connectivity index (χ3v) is 1.55. The third kappa shape index (κ3) is 11.1. The van der Waals surface area contributed by atoms with Crippen LogP contribution < -0.4 is 0 Å². The number of carbonyl (C=O) groups is 3. The number of carbonyl (C=O) groups excluding carboxylic acids is 3. The topological polar surface area (TPSA) is 88.1 Å². The van der Waals surface area contributed by atoms with Gasteiger partial charge in [0.15, 0.2) is 0 Å². The monoisotopic (exact) mass is 276 g/mol. The third-order valence-electron chi connectivity index (χ3n) is 1.55. The molecule has 0 heterocycles. The highest BCUT2D eigenvalue weighted by Gasteiger charge is 2.17. The van der Waals surface area contributed by atoms with E-state index in [1.54, 1.807) is 27.7 Å². The van der Waals surface area contributed by atoms with Crippen LogP contribution in [0.5, 0.6) is 0 Å². The minimum absolute atomic E-state index is 0.135. The largest absolute Gasteiger partial charge is 0.508 e. The van der Waals surface area contributed by atoms with Gasteiger partial charge in [0.2, 0.25) is 0 Å². The molecule has 0 spiro atoms. The van der Waals surface area contributed by atoms with Gasteiger partial charge in [0.05, 0.1) is 6.61 Å². The van der Waals surface area contributed by atoms with Gasteiger partial charge in [0, 0.05) is 0 Å². The quantitative estimate of drug-likeness (QED) is 0.314. The van der Waals surface area contributed by atoms with Crippen LogP contribution in [0.3, 0.4) is 0 Å². The van der Waals surface area contributed by atoms with Crippen LogP contribution in [0.25, 0.3) is 0 Å². The summed E-state index contributed by atoms with van der Waals surface area (Å²) >= 11 is 0. The lowest BCUT2D eigenvalue weighted by Crippen LogP contribution is -2.25. The molecule has 0 radical (unpaired) electrons. The van der Waals surface area contributed by atoms with Gasteiger partial charge in [-0.25, -0.2) is 4.79 Å². The molecule has 0 aliphatic carbocycles. The number of esters is 2. The Balaban J connectivity index is 3.66. The highest BCUT2D eigenvalue weighted by molar-refractivity contribution is 5.91. The molecule has 0 N–H and O–H groups in total. The Morgan fingerprint density at radius 1 is 0.895 bits per heavy atom. The highest BCUT2D eigenvalue weighted by atomic mass is 16.7. The van der Waals surface area contributed by atoms with Crippen LogP contribution in [0, 0.1) is 0 Å². The second-order valence-electron chi connectivity index (χ2n) is 4.52. The van der Waals surface area contributed by atoms with E-state index in [0.717, 1.165) is 0 Å². The summed E-state index contributed by atoms with van der Waals surface area (Å²) in [6.45, 7) is 6.67. The van der Waals surface area contributed by atoms with Crippen molar-refractivity contribution < 1.29 is 33.3 Å². The fourth-order valence-electron chi connectivity index (χ4n) is 0.941. The van der Waals surface area contributed by atoms with Crippen molar-refractivity contribution in [3.05, 3.63) is 0 Å². The first-order chi connectivity index (χ1) is 8.74. The second kappa shape index (κ2) is 8.34. The van der Waals surface area contributed by atoms with Gasteiger partial charge in [-0.15, -0.1) is 0 Å². The molecule has 110 valence electrons. The Morgan fingerprint density at radius 2 is 1.42 bits per heavy atom. The van der Waals surface area contributed by atoms with Crippen molar-refractivity contribution in [2.24, 2.45) is 0 Å². The van der Waals surface area contributed by atoms with E-state index in [-0.39, 0.29) is 19.8 Å². The lowest BCUT2D eigenvalue weighted by molar-refractivity contribution is -0.155. The second-order valence-corrected chi connectivity index (χ2v) is 4.52. The van der Waals surface area contributed by atoms with Crippen LogP contribution in [0.2, 0.25) is 0 Å². The zero-order valence-corrected chi connectivity index (χ0v) is 11.7. The molecular formula is C12H20O7. The van der Waals surface area contributed by atoms with Crippen LogP contribution in [-0.2, 0) is 28.5 Å². The van der Waals surface area contributed by atoms with E-state index in [1.807, 2.05) is 0 Å². The molecule has 19 heavy (non-hydrogen) atoms. The van der Waals surface area contributed by atoms with E-state index in [9.17, 15) is 14.4 Å². The van der Waals surface area contributed by atoms with Crippen LogP contribution >= 0.6 is 0 Å². The molecule has 0 aliphatic rings. The van der Waals surface area contributed by atoms with Crippen LogP contribution in [-0.4, -0.2) is 43.5 Å². The maximum absolute atomic E-state index is 11.1. The van der Waals surface area contributed by atoms with Crippen molar-refractivity contribution in [1.82, 2.24) is 0 Å². The Labute approximate surface area is 112 Å². The Hall–Kier alpha value is -1.79. The molecule has 0 atom stereocenters. The van der Waals surface area contributed by atoms with Gasteiger partial charge in [0.1, 0.15) is 25.2 Å². The van der Waals surface area contributed by atoms with Crippen molar-refractivity contribution in [2.45, 2.75) is 39.7 Å². The Morgan fingerprint density at radius 3 is 1.95 bits per heavy atom. The molecule has 7 nitrogen and oxygen atoms in total. The molecular weight excluding hydrogens is 256 g/mol. The lowest BCUT2D eigenvalue weighted by Gasteiger charge is -2.18. The number of hydrogen-bond acceptors (Lipinski definition) is 7. The van der Waals surface area contributed by atoms with E-state index >= 15 is 0 Å². The maximum atomic E-state index is 11.1. The van der Waals surface area contributed by atoms with E-state index in [4.69, 9.17) is 4.74 Å². The summed E-state index contributed by atoms with van der Waals surface area (Å²) in [5.74, 6) is -1.38. The predicted molar refractivity (Wildman–Crippen MR) is 64.4 cm³/mol. The minimum atomic E-state index is -0.839. The van der Waals surface area contributed by atoms with E-state index < -0.39 is 30.1 Å². The number of ether oxygens (including phenoxy) is 4. The normalized spacial score (nSPS) is 10.5. The van der Waals surface area contributed by atoms with Crippen molar-refractivity contribution in [3.63, 3.8) is 0 Å². The summed E-state index contributed by atoms with van der Waals surface area (Å²) in [4.78, 5) is 33.1. The molecule has 0 unspecified atom stereocenters. The minimum Gasteiger partial charge on any atom is -0.466 e. The first kappa shape index (κ1) is 17.2. The Bertz CT molecular complexity index is 317. The summed E-state index contributed by atoms with van der Waals surface area (Å²) in [5, 5.41) is 0. The van der Waals surface area contributed by atoms with Crippen LogP contribution in [0.15, 0.2) is 0 Å². The van der Waals surface area contributed by atoms with Gasteiger partial charge in [-0.05, 0) is 27.7 Å². The van der Waals surface area contributed by atoms with Crippen LogP contribution in [0.4, 0.5) is 4.79 Å².